The van der Waals surface area contributed by atoms with Gasteiger partial charge in [0.1, 0.15) is 11.5 Å². The van der Waals surface area contributed by atoms with Gasteiger partial charge in [-0.05, 0) is 36.5 Å². The van der Waals surface area contributed by atoms with Crippen molar-refractivity contribution in [2.75, 3.05) is 14.2 Å². The predicted octanol–water partition coefficient (Wildman–Crippen LogP) is 2.57. The van der Waals surface area contributed by atoms with Gasteiger partial charge < -0.3 is 14.8 Å². The van der Waals surface area contributed by atoms with Crippen LogP contribution in [0.25, 0.3) is 0 Å². The van der Waals surface area contributed by atoms with E-state index in [9.17, 15) is 4.79 Å². The fourth-order valence-electron chi connectivity index (χ4n) is 3.33. The summed E-state index contributed by atoms with van der Waals surface area (Å²) in [4.78, 5) is 12.2. The van der Waals surface area contributed by atoms with Crippen LogP contribution in [-0.4, -0.2) is 31.3 Å². The Hall–Kier alpha value is -2.02. The van der Waals surface area contributed by atoms with Gasteiger partial charge in [0.2, 0.25) is 5.91 Å². The number of thiocarbonyl (C=S) groups is 1. The van der Waals surface area contributed by atoms with Gasteiger partial charge in [-0.3, -0.25) is 15.6 Å². The number of nitrogens with one attached hydrogen (secondary N) is 3. The van der Waals surface area contributed by atoms with Crippen molar-refractivity contribution in [1.29, 1.82) is 0 Å². The maximum Gasteiger partial charge on any atom is 0.242 e. The molecule has 2 rings (SSSR count). The Kier molecular flexibility index (Phi) is 7.50. The van der Waals surface area contributed by atoms with Gasteiger partial charge in [0.15, 0.2) is 5.11 Å². The number of methoxy groups -OCH3 is 2. The summed E-state index contributed by atoms with van der Waals surface area (Å²) in [5.41, 5.74) is 6.23. The fraction of sp³-hybridized carbons (Fsp3) is 0.579. The Labute approximate surface area is 161 Å². The van der Waals surface area contributed by atoms with Crippen molar-refractivity contribution in [3.05, 3.63) is 23.8 Å². The summed E-state index contributed by atoms with van der Waals surface area (Å²) in [6.07, 6.45) is 3.75. The lowest BCUT2D eigenvalue weighted by atomic mass is 9.78. The molecule has 7 heteroatoms. The molecule has 0 unspecified atom stereocenters. The molecule has 3 N–H and O–H groups in total. The monoisotopic (exact) mass is 379 g/mol. The van der Waals surface area contributed by atoms with Crippen LogP contribution in [0.15, 0.2) is 18.2 Å². The van der Waals surface area contributed by atoms with Crippen LogP contribution >= 0.6 is 12.2 Å². The van der Waals surface area contributed by atoms with Crippen molar-refractivity contribution in [3.63, 3.8) is 0 Å². The number of hydrogen-bond acceptors (Lipinski definition) is 4. The molecule has 1 saturated carbocycles. The number of amides is 1. The van der Waals surface area contributed by atoms with E-state index in [1.54, 1.807) is 26.4 Å². The highest BCUT2D eigenvalue weighted by molar-refractivity contribution is 7.80. The zero-order valence-corrected chi connectivity index (χ0v) is 16.7. The van der Waals surface area contributed by atoms with Crippen molar-refractivity contribution in [1.82, 2.24) is 16.2 Å². The summed E-state index contributed by atoms with van der Waals surface area (Å²) in [5, 5.41) is 3.77. The quantitative estimate of drug-likeness (QED) is 0.540. The highest BCUT2D eigenvalue weighted by atomic mass is 32.1. The van der Waals surface area contributed by atoms with Crippen LogP contribution in [-0.2, 0) is 11.2 Å². The lowest BCUT2D eigenvalue weighted by Gasteiger charge is -2.35. The van der Waals surface area contributed by atoms with Crippen LogP contribution < -0.4 is 25.6 Å². The van der Waals surface area contributed by atoms with Gasteiger partial charge in [-0.15, -0.1) is 0 Å². The van der Waals surface area contributed by atoms with Gasteiger partial charge in [0, 0.05) is 17.7 Å². The SMILES string of the molecule is COc1ccc(CC(=O)NNC(=S)N[C@H]2CCC[C@H](C)[C@H]2C)c(OC)c1. The standard InChI is InChI=1S/C19H29N3O3S/c1-12-6-5-7-16(13(12)2)20-19(26)22-21-18(23)10-14-8-9-15(24-3)11-17(14)25-4/h8-9,11-13,16H,5-7,10H2,1-4H3,(H,21,23)(H2,20,22,26)/t12-,13+,16-/m0/s1. The molecular formula is C19H29N3O3S. The van der Waals surface area contributed by atoms with Crippen LogP contribution in [0.4, 0.5) is 0 Å². The van der Waals surface area contributed by atoms with Gasteiger partial charge >= 0.3 is 0 Å². The highest BCUT2D eigenvalue weighted by Crippen LogP contribution is 2.29. The van der Waals surface area contributed by atoms with Crippen molar-refractivity contribution in [2.45, 2.75) is 45.6 Å². The largest absolute Gasteiger partial charge is 0.497 e. The maximum atomic E-state index is 12.2. The third-order valence-corrected chi connectivity index (χ3v) is 5.40. The molecule has 0 saturated heterocycles. The molecule has 144 valence electrons. The average molecular weight is 380 g/mol. The lowest BCUT2D eigenvalue weighted by Crippen LogP contribution is -2.52. The molecule has 3 atom stereocenters. The second-order valence-electron chi connectivity index (χ2n) is 6.87. The Morgan fingerprint density at radius 3 is 2.65 bits per heavy atom. The van der Waals surface area contributed by atoms with Crippen LogP contribution in [0.1, 0.15) is 38.7 Å². The molecule has 1 fully saturated rings. The second-order valence-corrected chi connectivity index (χ2v) is 7.28. The number of ether oxygens (including phenoxy) is 2. The second kappa shape index (κ2) is 9.62. The summed E-state index contributed by atoms with van der Waals surface area (Å²) in [7, 11) is 3.16. The number of hydrogen-bond donors (Lipinski definition) is 3. The van der Waals surface area contributed by atoms with Crippen LogP contribution in [0.2, 0.25) is 0 Å². The van der Waals surface area contributed by atoms with E-state index in [-0.39, 0.29) is 12.3 Å². The molecule has 0 radical (unpaired) electrons. The van der Waals surface area contributed by atoms with E-state index in [1.807, 2.05) is 6.07 Å². The van der Waals surface area contributed by atoms with Gasteiger partial charge in [-0.25, -0.2) is 0 Å². The number of carbonyl (C=O) groups excluding carboxylic acids is 1. The number of benzene rings is 1. The minimum atomic E-state index is -0.192. The third kappa shape index (κ3) is 5.49. The van der Waals surface area contributed by atoms with Crippen LogP contribution in [0.5, 0.6) is 11.5 Å². The maximum absolute atomic E-state index is 12.2. The van der Waals surface area contributed by atoms with Crippen molar-refractivity contribution < 1.29 is 14.3 Å². The lowest BCUT2D eigenvalue weighted by molar-refractivity contribution is -0.121. The Bertz CT molecular complexity index is 638. The highest BCUT2D eigenvalue weighted by Gasteiger charge is 2.27. The molecule has 0 heterocycles. The summed E-state index contributed by atoms with van der Waals surface area (Å²) in [6, 6.07) is 5.72. The van der Waals surface area contributed by atoms with Crippen molar-refractivity contribution >= 4 is 23.2 Å². The molecule has 0 aliphatic heterocycles. The first kappa shape index (κ1) is 20.3. The van der Waals surface area contributed by atoms with Crippen molar-refractivity contribution in [2.24, 2.45) is 11.8 Å². The van der Waals surface area contributed by atoms with E-state index in [0.717, 1.165) is 12.0 Å². The third-order valence-electron chi connectivity index (χ3n) is 5.18. The van der Waals surface area contributed by atoms with Gasteiger partial charge in [-0.1, -0.05) is 32.8 Å². The van der Waals surface area contributed by atoms with Gasteiger partial charge in [0.05, 0.1) is 20.6 Å². The Morgan fingerprint density at radius 1 is 1.19 bits per heavy atom. The minimum Gasteiger partial charge on any atom is -0.497 e. The normalized spacial score (nSPS) is 22.2. The molecule has 1 aliphatic rings. The molecule has 1 amide bonds. The fourth-order valence-corrected chi connectivity index (χ4v) is 3.53. The van der Waals surface area contributed by atoms with E-state index in [1.165, 1.54) is 12.8 Å². The summed E-state index contributed by atoms with van der Waals surface area (Å²) in [5.74, 6) is 2.35. The molecule has 1 aliphatic carbocycles. The number of hydrazine groups is 1. The Balaban J connectivity index is 1.82. The first-order valence-corrected chi connectivity index (χ1v) is 9.41. The Morgan fingerprint density at radius 2 is 1.96 bits per heavy atom. The molecule has 1 aromatic rings. The van der Waals surface area contributed by atoms with E-state index >= 15 is 0 Å². The summed E-state index contributed by atoms with van der Waals surface area (Å²) >= 11 is 5.31. The first-order valence-electron chi connectivity index (χ1n) is 9.00. The van der Waals surface area contributed by atoms with Gasteiger partial charge in [0.25, 0.3) is 0 Å². The number of carbonyl (C=O) groups is 1. The van der Waals surface area contributed by atoms with Crippen molar-refractivity contribution in [3.8, 4) is 11.5 Å². The molecule has 26 heavy (non-hydrogen) atoms. The molecule has 1 aromatic carbocycles. The van der Waals surface area contributed by atoms with E-state index < -0.39 is 0 Å². The van der Waals surface area contributed by atoms with Crippen LogP contribution in [0.3, 0.4) is 0 Å². The minimum absolute atomic E-state index is 0.180. The van der Waals surface area contributed by atoms with E-state index in [4.69, 9.17) is 21.7 Å². The molecular weight excluding hydrogens is 350 g/mol. The van der Waals surface area contributed by atoms with Crippen LogP contribution in [0, 0.1) is 11.8 Å². The summed E-state index contributed by atoms with van der Waals surface area (Å²) in [6.45, 7) is 4.53. The zero-order chi connectivity index (χ0) is 19.1. The molecule has 0 bridgehead atoms. The average Bonchev–Trinajstić information content (AvgIpc) is 2.64. The van der Waals surface area contributed by atoms with E-state index in [0.29, 0.717) is 34.5 Å². The topological polar surface area (TPSA) is 71.6 Å². The van der Waals surface area contributed by atoms with E-state index in [2.05, 4.69) is 30.0 Å². The molecule has 0 spiro atoms. The molecule has 0 aromatic heterocycles. The first-order chi connectivity index (χ1) is 12.4. The number of rotatable bonds is 5. The summed E-state index contributed by atoms with van der Waals surface area (Å²) < 4.78 is 10.5. The molecule has 6 nitrogen and oxygen atoms in total. The predicted molar refractivity (Wildman–Crippen MR) is 106 cm³/mol. The zero-order valence-electron chi connectivity index (χ0n) is 15.9. The van der Waals surface area contributed by atoms with Gasteiger partial charge in [-0.2, -0.15) is 0 Å². The smallest absolute Gasteiger partial charge is 0.242 e.